The minimum Gasteiger partial charge on any atom is -0.493 e. The molecule has 0 aliphatic carbocycles. The van der Waals surface area contributed by atoms with Crippen LogP contribution < -0.4 is 14.8 Å². The number of aryl methyl sites for hydroxylation is 1. The van der Waals surface area contributed by atoms with Gasteiger partial charge in [-0.3, -0.25) is 5.32 Å². The Labute approximate surface area is 96.2 Å². The number of rotatable bonds is 6. The first-order valence-electron chi connectivity index (χ1n) is 5.26. The number of ether oxygens (including phenoxy) is 2. The predicted molar refractivity (Wildman–Crippen MR) is 63.1 cm³/mol. The molecule has 0 fully saturated rings. The molecule has 0 radical (unpaired) electrons. The molecule has 0 aromatic heterocycles. The fourth-order valence-electron chi connectivity index (χ4n) is 1.59. The highest BCUT2D eigenvalue weighted by Gasteiger charge is 2.07. The Morgan fingerprint density at radius 3 is 2.38 bits per heavy atom. The largest absolute Gasteiger partial charge is 0.493 e. The summed E-state index contributed by atoms with van der Waals surface area (Å²) in [4.78, 5) is 0. The molecular formula is C12H19NO3. The summed E-state index contributed by atoms with van der Waals surface area (Å²) in [6.45, 7) is 2.79. The number of hydrogen-bond donors (Lipinski definition) is 2. The van der Waals surface area contributed by atoms with E-state index in [1.807, 2.05) is 19.1 Å². The summed E-state index contributed by atoms with van der Waals surface area (Å²) >= 11 is 0. The van der Waals surface area contributed by atoms with Crippen molar-refractivity contribution in [1.29, 1.82) is 0 Å². The van der Waals surface area contributed by atoms with Crippen LogP contribution in [0.1, 0.15) is 11.1 Å². The second-order valence-electron chi connectivity index (χ2n) is 3.54. The second-order valence-corrected chi connectivity index (χ2v) is 3.54. The van der Waals surface area contributed by atoms with Crippen molar-refractivity contribution < 1.29 is 14.6 Å². The van der Waals surface area contributed by atoms with Crippen molar-refractivity contribution in [2.75, 3.05) is 27.5 Å². The van der Waals surface area contributed by atoms with E-state index in [0.29, 0.717) is 0 Å². The summed E-state index contributed by atoms with van der Waals surface area (Å²) in [6.07, 6.45) is 0.854. The van der Waals surface area contributed by atoms with E-state index in [1.54, 1.807) is 14.2 Å². The van der Waals surface area contributed by atoms with Crippen LogP contribution in [0.15, 0.2) is 12.1 Å². The maximum absolute atomic E-state index is 8.64. The summed E-state index contributed by atoms with van der Waals surface area (Å²) in [5.74, 6) is 1.49. The Kier molecular flexibility index (Phi) is 5.08. The number of hydrogen-bond acceptors (Lipinski definition) is 4. The maximum atomic E-state index is 8.64. The molecule has 0 saturated carbocycles. The lowest BCUT2D eigenvalue weighted by Crippen LogP contribution is -2.18. The molecular weight excluding hydrogens is 206 g/mol. The van der Waals surface area contributed by atoms with Crippen molar-refractivity contribution >= 4 is 0 Å². The summed E-state index contributed by atoms with van der Waals surface area (Å²) in [5.41, 5.74) is 2.36. The van der Waals surface area contributed by atoms with Gasteiger partial charge in [0.2, 0.25) is 0 Å². The predicted octanol–water partition coefficient (Wildman–Crippen LogP) is 1.09. The van der Waals surface area contributed by atoms with Gasteiger partial charge in [-0.2, -0.15) is 0 Å². The van der Waals surface area contributed by atoms with Gasteiger partial charge in [-0.15, -0.1) is 0 Å². The molecule has 0 saturated heterocycles. The van der Waals surface area contributed by atoms with E-state index in [-0.39, 0.29) is 6.73 Å². The van der Waals surface area contributed by atoms with Crippen LogP contribution >= 0.6 is 0 Å². The van der Waals surface area contributed by atoms with Gasteiger partial charge in [0.25, 0.3) is 0 Å². The van der Waals surface area contributed by atoms with Gasteiger partial charge in [0, 0.05) is 6.54 Å². The zero-order valence-corrected chi connectivity index (χ0v) is 10.0. The van der Waals surface area contributed by atoms with Crippen molar-refractivity contribution in [2.24, 2.45) is 0 Å². The van der Waals surface area contributed by atoms with Gasteiger partial charge in [-0.1, -0.05) is 0 Å². The van der Waals surface area contributed by atoms with Gasteiger partial charge in [0.15, 0.2) is 11.5 Å². The molecule has 0 amide bonds. The first kappa shape index (κ1) is 12.8. The Morgan fingerprint density at radius 1 is 1.19 bits per heavy atom. The van der Waals surface area contributed by atoms with Gasteiger partial charge in [0.05, 0.1) is 21.0 Å². The fourth-order valence-corrected chi connectivity index (χ4v) is 1.59. The zero-order valence-electron chi connectivity index (χ0n) is 10.0. The first-order valence-corrected chi connectivity index (χ1v) is 5.26. The third kappa shape index (κ3) is 3.12. The van der Waals surface area contributed by atoms with Crippen LogP contribution in [0.25, 0.3) is 0 Å². The molecule has 0 heterocycles. The molecule has 1 aromatic carbocycles. The normalized spacial score (nSPS) is 10.2. The van der Waals surface area contributed by atoms with Crippen LogP contribution in [-0.2, 0) is 6.42 Å². The van der Waals surface area contributed by atoms with Crippen molar-refractivity contribution in [3.8, 4) is 11.5 Å². The number of benzene rings is 1. The average molecular weight is 225 g/mol. The number of aliphatic hydroxyl groups excluding tert-OH is 1. The smallest absolute Gasteiger partial charge is 0.161 e. The molecule has 2 N–H and O–H groups in total. The lowest BCUT2D eigenvalue weighted by atomic mass is 10.0. The molecule has 0 aliphatic rings. The lowest BCUT2D eigenvalue weighted by Gasteiger charge is -2.12. The van der Waals surface area contributed by atoms with Gasteiger partial charge < -0.3 is 14.6 Å². The van der Waals surface area contributed by atoms with E-state index in [1.165, 1.54) is 5.56 Å². The molecule has 0 aliphatic heterocycles. The topological polar surface area (TPSA) is 50.7 Å². The van der Waals surface area contributed by atoms with Crippen LogP contribution in [0.2, 0.25) is 0 Å². The Hall–Kier alpha value is -1.26. The summed E-state index contributed by atoms with van der Waals surface area (Å²) < 4.78 is 10.5. The van der Waals surface area contributed by atoms with Gasteiger partial charge in [-0.05, 0) is 36.6 Å². The highest BCUT2D eigenvalue weighted by molar-refractivity contribution is 5.47. The Morgan fingerprint density at radius 2 is 1.81 bits per heavy atom. The molecule has 0 bridgehead atoms. The molecule has 0 atom stereocenters. The van der Waals surface area contributed by atoms with Gasteiger partial charge in [-0.25, -0.2) is 0 Å². The minimum absolute atomic E-state index is 0.00629. The van der Waals surface area contributed by atoms with Crippen molar-refractivity contribution in [1.82, 2.24) is 5.32 Å². The van der Waals surface area contributed by atoms with Crippen LogP contribution in [-0.4, -0.2) is 32.6 Å². The van der Waals surface area contributed by atoms with E-state index in [9.17, 15) is 0 Å². The van der Waals surface area contributed by atoms with Crippen LogP contribution in [0.5, 0.6) is 11.5 Å². The summed E-state index contributed by atoms with van der Waals surface area (Å²) in [6, 6.07) is 3.94. The van der Waals surface area contributed by atoms with Crippen LogP contribution in [0.3, 0.4) is 0 Å². The number of methoxy groups -OCH3 is 2. The molecule has 90 valence electrons. The number of nitrogens with one attached hydrogen (secondary N) is 1. The highest BCUT2D eigenvalue weighted by Crippen LogP contribution is 2.30. The highest BCUT2D eigenvalue weighted by atomic mass is 16.5. The van der Waals surface area contributed by atoms with Crippen LogP contribution in [0, 0.1) is 6.92 Å². The molecule has 1 aromatic rings. The molecule has 0 spiro atoms. The Balaban J connectivity index is 2.84. The SMILES string of the molecule is COc1cc(C)c(CCNCO)cc1OC. The monoisotopic (exact) mass is 225 g/mol. The third-order valence-corrected chi connectivity index (χ3v) is 2.53. The second kappa shape index (κ2) is 6.35. The molecule has 4 heteroatoms. The van der Waals surface area contributed by atoms with Gasteiger partial charge in [0.1, 0.15) is 0 Å². The van der Waals surface area contributed by atoms with E-state index in [4.69, 9.17) is 14.6 Å². The lowest BCUT2D eigenvalue weighted by molar-refractivity contribution is 0.262. The van der Waals surface area contributed by atoms with E-state index in [2.05, 4.69) is 5.32 Å². The fraction of sp³-hybridized carbons (Fsp3) is 0.500. The molecule has 1 rings (SSSR count). The van der Waals surface area contributed by atoms with E-state index >= 15 is 0 Å². The van der Waals surface area contributed by atoms with E-state index in [0.717, 1.165) is 30.0 Å². The van der Waals surface area contributed by atoms with Crippen molar-refractivity contribution in [3.05, 3.63) is 23.3 Å². The number of aliphatic hydroxyl groups is 1. The van der Waals surface area contributed by atoms with Gasteiger partial charge >= 0.3 is 0 Å². The quantitative estimate of drug-likeness (QED) is 0.562. The standard InChI is InChI=1S/C12H19NO3/c1-9-6-11(15-2)12(16-3)7-10(9)4-5-13-8-14/h6-7,13-14H,4-5,8H2,1-3H3. The molecule has 4 nitrogen and oxygen atoms in total. The Bertz CT molecular complexity index is 339. The van der Waals surface area contributed by atoms with Crippen LogP contribution in [0.4, 0.5) is 0 Å². The summed E-state index contributed by atoms with van der Waals surface area (Å²) in [5, 5.41) is 11.5. The first-order chi connectivity index (χ1) is 7.72. The third-order valence-electron chi connectivity index (χ3n) is 2.53. The maximum Gasteiger partial charge on any atom is 0.161 e. The van der Waals surface area contributed by atoms with E-state index < -0.39 is 0 Å². The molecule has 16 heavy (non-hydrogen) atoms. The summed E-state index contributed by atoms with van der Waals surface area (Å²) in [7, 11) is 3.26. The van der Waals surface area contributed by atoms with Crippen molar-refractivity contribution in [3.63, 3.8) is 0 Å². The molecule has 0 unspecified atom stereocenters. The average Bonchev–Trinajstić information content (AvgIpc) is 2.31. The van der Waals surface area contributed by atoms with Crippen molar-refractivity contribution in [2.45, 2.75) is 13.3 Å². The zero-order chi connectivity index (χ0) is 12.0. The minimum atomic E-state index is 0.00629.